The maximum Gasteiger partial charge on any atom is 0.226 e. The van der Waals surface area contributed by atoms with Crippen LogP contribution < -0.4 is 4.90 Å². The molecule has 6 nitrogen and oxygen atoms in total. The van der Waals surface area contributed by atoms with Gasteiger partial charge in [-0.25, -0.2) is 9.97 Å². The third-order valence-corrected chi connectivity index (χ3v) is 4.15. The molecule has 0 aromatic carbocycles. The van der Waals surface area contributed by atoms with Crippen molar-refractivity contribution >= 4 is 5.95 Å². The Balaban J connectivity index is 1.66. The van der Waals surface area contributed by atoms with E-state index in [0.29, 0.717) is 30.9 Å². The summed E-state index contributed by atoms with van der Waals surface area (Å²) in [6.07, 6.45) is 5.40. The first kappa shape index (κ1) is 13.3. The molecule has 106 valence electrons. The van der Waals surface area contributed by atoms with E-state index in [1.165, 1.54) is 0 Å². The molecule has 1 aliphatic carbocycles. The monoisotopic (exact) mass is 274 g/mol. The van der Waals surface area contributed by atoms with Crippen molar-refractivity contribution in [3.8, 4) is 6.07 Å². The molecule has 0 radical (unpaired) electrons. The van der Waals surface area contributed by atoms with E-state index in [4.69, 9.17) is 14.7 Å². The summed E-state index contributed by atoms with van der Waals surface area (Å²) in [5.41, 5.74) is 0.400. The van der Waals surface area contributed by atoms with Crippen LogP contribution in [0.5, 0.6) is 0 Å². The number of ether oxygens (including phenoxy) is 2. The smallest absolute Gasteiger partial charge is 0.226 e. The highest BCUT2D eigenvalue weighted by Crippen LogP contribution is 2.37. The van der Waals surface area contributed by atoms with Crippen LogP contribution in [0.15, 0.2) is 12.3 Å². The first-order valence-electron chi connectivity index (χ1n) is 6.96. The molecule has 0 amide bonds. The summed E-state index contributed by atoms with van der Waals surface area (Å²) in [4.78, 5) is 10.6. The van der Waals surface area contributed by atoms with Gasteiger partial charge in [0.05, 0.1) is 13.2 Å². The first-order chi connectivity index (χ1) is 9.72. The molecule has 2 aliphatic rings. The second-order valence-corrected chi connectivity index (χ2v) is 5.30. The van der Waals surface area contributed by atoms with Gasteiger partial charge >= 0.3 is 0 Å². The minimum absolute atomic E-state index is 0.341. The lowest BCUT2D eigenvalue weighted by atomic mass is 9.89. The van der Waals surface area contributed by atoms with Gasteiger partial charge in [0.25, 0.3) is 0 Å². The van der Waals surface area contributed by atoms with Crippen molar-refractivity contribution < 1.29 is 9.47 Å². The third kappa shape index (κ3) is 2.47. The van der Waals surface area contributed by atoms with Crippen LogP contribution in [-0.2, 0) is 9.47 Å². The van der Waals surface area contributed by atoms with E-state index >= 15 is 0 Å². The van der Waals surface area contributed by atoms with Crippen molar-refractivity contribution in [3.05, 3.63) is 18.0 Å². The number of nitriles is 1. The van der Waals surface area contributed by atoms with Crippen molar-refractivity contribution in [2.45, 2.75) is 37.5 Å². The van der Waals surface area contributed by atoms with Crippen molar-refractivity contribution in [2.75, 3.05) is 25.2 Å². The lowest BCUT2D eigenvalue weighted by Crippen LogP contribution is -2.43. The standard InChI is InChI=1S/C14H18N4O2/c1-18(13-16-7-4-11(10-15)17-13)12-2-5-14(6-3-12)19-8-9-20-14/h4,7,12H,2-3,5-6,8-9H2,1H3. The maximum atomic E-state index is 8.90. The lowest BCUT2D eigenvalue weighted by molar-refractivity contribution is -0.178. The molecule has 2 heterocycles. The maximum absolute atomic E-state index is 8.90. The Kier molecular flexibility index (Phi) is 3.55. The molecule has 20 heavy (non-hydrogen) atoms. The number of rotatable bonds is 2. The molecule has 1 spiro atoms. The Hall–Kier alpha value is -1.71. The van der Waals surface area contributed by atoms with Gasteiger partial charge in [-0.3, -0.25) is 0 Å². The topological polar surface area (TPSA) is 71.3 Å². The molecule has 0 atom stereocenters. The summed E-state index contributed by atoms with van der Waals surface area (Å²) in [5.74, 6) is 0.269. The fourth-order valence-corrected chi connectivity index (χ4v) is 2.96. The van der Waals surface area contributed by atoms with Crippen molar-refractivity contribution in [2.24, 2.45) is 0 Å². The van der Waals surface area contributed by atoms with E-state index < -0.39 is 0 Å². The van der Waals surface area contributed by atoms with E-state index in [0.717, 1.165) is 25.7 Å². The largest absolute Gasteiger partial charge is 0.348 e. The summed E-state index contributed by atoms with van der Waals surface area (Å²) >= 11 is 0. The van der Waals surface area contributed by atoms with Crippen LogP contribution in [-0.4, -0.2) is 42.1 Å². The number of aromatic nitrogens is 2. The van der Waals surface area contributed by atoms with Gasteiger partial charge in [0, 0.05) is 32.1 Å². The van der Waals surface area contributed by atoms with Crippen LogP contribution in [0.2, 0.25) is 0 Å². The number of hydrogen-bond acceptors (Lipinski definition) is 6. The van der Waals surface area contributed by atoms with Crippen LogP contribution in [0.1, 0.15) is 31.4 Å². The number of anilines is 1. The highest BCUT2D eigenvalue weighted by molar-refractivity contribution is 5.34. The summed E-state index contributed by atoms with van der Waals surface area (Å²) in [5, 5.41) is 8.90. The molecule has 1 aromatic heterocycles. The van der Waals surface area contributed by atoms with Gasteiger partial charge in [-0.15, -0.1) is 0 Å². The SMILES string of the molecule is CN(c1nccc(C#N)n1)C1CCC2(CC1)OCCO2. The highest BCUT2D eigenvalue weighted by atomic mass is 16.7. The summed E-state index contributed by atoms with van der Waals surface area (Å²) in [6.45, 7) is 1.40. The van der Waals surface area contributed by atoms with E-state index in [9.17, 15) is 0 Å². The molecule has 1 aliphatic heterocycles. The minimum Gasteiger partial charge on any atom is -0.348 e. The van der Waals surface area contributed by atoms with Crippen LogP contribution >= 0.6 is 0 Å². The molecular formula is C14H18N4O2. The molecule has 0 bridgehead atoms. The average Bonchev–Trinajstić information content (AvgIpc) is 2.96. The van der Waals surface area contributed by atoms with E-state index in [1.54, 1.807) is 12.3 Å². The van der Waals surface area contributed by atoms with Gasteiger partial charge in [-0.1, -0.05) is 0 Å². The zero-order valence-electron chi connectivity index (χ0n) is 11.6. The molecule has 0 N–H and O–H groups in total. The lowest BCUT2D eigenvalue weighted by Gasteiger charge is -2.39. The second-order valence-electron chi connectivity index (χ2n) is 5.30. The summed E-state index contributed by atoms with van der Waals surface area (Å²) < 4.78 is 11.5. The van der Waals surface area contributed by atoms with Crippen LogP contribution in [0, 0.1) is 11.3 Å². The van der Waals surface area contributed by atoms with Crippen LogP contribution in [0.4, 0.5) is 5.95 Å². The Labute approximate surface area is 118 Å². The average molecular weight is 274 g/mol. The van der Waals surface area contributed by atoms with Gasteiger partial charge in [0.15, 0.2) is 5.79 Å². The van der Waals surface area contributed by atoms with Crippen LogP contribution in [0.3, 0.4) is 0 Å². The zero-order chi connectivity index (χ0) is 14.0. The predicted octanol–water partition coefficient (Wildman–Crippen LogP) is 1.47. The predicted molar refractivity (Wildman–Crippen MR) is 72.0 cm³/mol. The van der Waals surface area contributed by atoms with Gasteiger partial charge in [0.2, 0.25) is 5.95 Å². The highest BCUT2D eigenvalue weighted by Gasteiger charge is 2.41. The fourth-order valence-electron chi connectivity index (χ4n) is 2.96. The van der Waals surface area contributed by atoms with Crippen molar-refractivity contribution in [1.82, 2.24) is 9.97 Å². The van der Waals surface area contributed by atoms with Gasteiger partial charge in [-0.2, -0.15) is 5.26 Å². The minimum atomic E-state index is -0.341. The van der Waals surface area contributed by atoms with Gasteiger partial charge < -0.3 is 14.4 Å². The molecular weight excluding hydrogens is 256 g/mol. The number of nitrogens with zero attached hydrogens (tertiary/aromatic N) is 4. The van der Waals surface area contributed by atoms with Crippen molar-refractivity contribution in [3.63, 3.8) is 0 Å². The second kappa shape index (κ2) is 5.35. The van der Waals surface area contributed by atoms with Crippen molar-refractivity contribution in [1.29, 1.82) is 5.26 Å². The molecule has 1 saturated carbocycles. The first-order valence-corrected chi connectivity index (χ1v) is 6.96. The molecule has 0 unspecified atom stereocenters. The van der Waals surface area contributed by atoms with E-state index in [2.05, 4.69) is 14.9 Å². The molecule has 1 saturated heterocycles. The summed E-state index contributed by atoms with van der Waals surface area (Å²) in [6, 6.07) is 4.03. The Bertz CT molecular complexity index is 512. The van der Waals surface area contributed by atoms with E-state index in [-0.39, 0.29) is 5.79 Å². The fraction of sp³-hybridized carbons (Fsp3) is 0.643. The zero-order valence-corrected chi connectivity index (χ0v) is 11.6. The normalized spacial score (nSPS) is 21.8. The molecule has 3 rings (SSSR count). The number of hydrogen-bond donors (Lipinski definition) is 0. The van der Waals surface area contributed by atoms with Gasteiger partial charge in [-0.05, 0) is 18.9 Å². The molecule has 6 heteroatoms. The Morgan fingerprint density at radius 1 is 1.35 bits per heavy atom. The van der Waals surface area contributed by atoms with E-state index in [1.807, 2.05) is 13.1 Å². The summed E-state index contributed by atoms with van der Waals surface area (Å²) in [7, 11) is 1.98. The van der Waals surface area contributed by atoms with Gasteiger partial charge in [0.1, 0.15) is 11.8 Å². The Morgan fingerprint density at radius 3 is 2.70 bits per heavy atom. The third-order valence-electron chi connectivity index (χ3n) is 4.15. The van der Waals surface area contributed by atoms with Crippen LogP contribution in [0.25, 0.3) is 0 Å². The molecule has 1 aromatic rings. The quantitative estimate of drug-likeness (QED) is 0.813. The molecule has 2 fully saturated rings. The Morgan fingerprint density at radius 2 is 2.05 bits per heavy atom.